The molecule has 0 saturated carbocycles. The fraction of sp³-hybridized carbons (Fsp3) is 0.227. The summed E-state index contributed by atoms with van der Waals surface area (Å²) in [4.78, 5) is 6.05. The SMILES string of the molecule is CC(C)=C(C#Cc1ccccn1)/C=C(/C)N(C)c1ccc(OC(F)(F)F)cc1. The molecular formula is C22H21F3N2O. The van der Waals surface area contributed by atoms with Gasteiger partial charge in [-0.05, 0) is 69.2 Å². The van der Waals surface area contributed by atoms with Crippen LogP contribution in [0.25, 0.3) is 0 Å². The van der Waals surface area contributed by atoms with Crippen LogP contribution in [0.1, 0.15) is 26.5 Å². The summed E-state index contributed by atoms with van der Waals surface area (Å²) in [5, 5.41) is 0. The third-order valence-corrected chi connectivity index (χ3v) is 3.87. The highest BCUT2D eigenvalue weighted by atomic mass is 19.4. The maximum absolute atomic E-state index is 12.3. The summed E-state index contributed by atoms with van der Waals surface area (Å²) < 4.78 is 40.7. The number of nitrogens with zero attached hydrogens (tertiary/aromatic N) is 2. The van der Waals surface area contributed by atoms with Gasteiger partial charge in [-0.25, -0.2) is 4.98 Å². The largest absolute Gasteiger partial charge is 0.573 e. The zero-order chi connectivity index (χ0) is 20.7. The number of alkyl halides is 3. The monoisotopic (exact) mass is 386 g/mol. The molecule has 0 aliphatic carbocycles. The predicted octanol–water partition coefficient (Wildman–Crippen LogP) is 5.71. The Morgan fingerprint density at radius 2 is 1.75 bits per heavy atom. The van der Waals surface area contributed by atoms with Crippen molar-refractivity contribution >= 4 is 5.69 Å². The van der Waals surface area contributed by atoms with Crippen molar-refractivity contribution in [3.8, 4) is 17.6 Å². The van der Waals surface area contributed by atoms with E-state index in [4.69, 9.17) is 0 Å². The molecule has 0 aliphatic rings. The molecule has 0 radical (unpaired) electrons. The van der Waals surface area contributed by atoms with E-state index in [-0.39, 0.29) is 5.75 Å². The Morgan fingerprint density at radius 3 is 2.29 bits per heavy atom. The molecule has 0 aliphatic heterocycles. The maximum Gasteiger partial charge on any atom is 0.573 e. The van der Waals surface area contributed by atoms with Gasteiger partial charge in [0.1, 0.15) is 11.4 Å². The molecule has 6 heteroatoms. The number of allylic oxidation sites excluding steroid dienone is 4. The lowest BCUT2D eigenvalue weighted by Crippen LogP contribution is -2.17. The van der Waals surface area contributed by atoms with Gasteiger partial charge in [0, 0.05) is 30.2 Å². The van der Waals surface area contributed by atoms with E-state index < -0.39 is 6.36 Å². The van der Waals surface area contributed by atoms with Crippen LogP contribution in [-0.4, -0.2) is 18.4 Å². The van der Waals surface area contributed by atoms with Crippen LogP contribution in [0.15, 0.2) is 71.6 Å². The van der Waals surface area contributed by atoms with Crippen LogP contribution in [0.4, 0.5) is 18.9 Å². The Kier molecular flexibility index (Phi) is 6.89. The number of pyridine rings is 1. The Bertz CT molecular complexity index is 914. The van der Waals surface area contributed by atoms with Gasteiger partial charge < -0.3 is 9.64 Å². The molecule has 0 unspecified atom stereocenters. The van der Waals surface area contributed by atoms with E-state index in [1.165, 1.54) is 12.1 Å². The van der Waals surface area contributed by atoms with E-state index in [2.05, 4.69) is 21.6 Å². The second kappa shape index (κ2) is 9.14. The van der Waals surface area contributed by atoms with E-state index in [1.807, 2.05) is 57.0 Å². The first-order valence-corrected chi connectivity index (χ1v) is 8.54. The highest BCUT2D eigenvalue weighted by Crippen LogP contribution is 2.26. The molecule has 0 saturated heterocycles. The highest BCUT2D eigenvalue weighted by Gasteiger charge is 2.31. The minimum absolute atomic E-state index is 0.252. The molecule has 0 fully saturated rings. The minimum Gasteiger partial charge on any atom is -0.406 e. The quantitative estimate of drug-likeness (QED) is 0.497. The van der Waals surface area contributed by atoms with Gasteiger partial charge in [-0.2, -0.15) is 0 Å². The van der Waals surface area contributed by atoms with Gasteiger partial charge in [-0.1, -0.05) is 17.6 Å². The first kappa shape index (κ1) is 21.1. The van der Waals surface area contributed by atoms with Crippen LogP contribution in [0.5, 0.6) is 5.75 Å². The molecule has 0 N–H and O–H groups in total. The number of aromatic nitrogens is 1. The Labute approximate surface area is 163 Å². The van der Waals surface area contributed by atoms with Crippen LogP contribution in [0.2, 0.25) is 0 Å². The molecule has 28 heavy (non-hydrogen) atoms. The van der Waals surface area contributed by atoms with Gasteiger partial charge >= 0.3 is 6.36 Å². The number of rotatable bonds is 4. The lowest BCUT2D eigenvalue weighted by molar-refractivity contribution is -0.274. The molecule has 1 aromatic carbocycles. The average molecular weight is 386 g/mol. The molecule has 2 aromatic rings. The lowest BCUT2D eigenvalue weighted by Gasteiger charge is -2.21. The number of hydrogen-bond donors (Lipinski definition) is 0. The van der Waals surface area contributed by atoms with Gasteiger partial charge in [0.2, 0.25) is 0 Å². The molecule has 146 valence electrons. The number of ether oxygens (including phenoxy) is 1. The number of hydrogen-bond acceptors (Lipinski definition) is 3. The standard InChI is InChI=1S/C22H21F3N2O/c1-16(2)18(8-9-19-7-5-6-14-26-19)15-17(3)27(4)20-10-12-21(13-11-20)28-22(23,24)25/h5-7,10-15H,1-4H3/b17-15-. The van der Waals surface area contributed by atoms with Crippen molar-refractivity contribution in [3.05, 3.63) is 77.3 Å². The van der Waals surface area contributed by atoms with Crippen LogP contribution in [0, 0.1) is 11.8 Å². The summed E-state index contributed by atoms with van der Waals surface area (Å²) in [5.41, 5.74) is 4.20. The predicted molar refractivity (Wildman–Crippen MR) is 105 cm³/mol. The van der Waals surface area contributed by atoms with Gasteiger partial charge in [-0.15, -0.1) is 13.2 Å². The molecule has 2 rings (SSSR count). The molecule has 1 heterocycles. The molecular weight excluding hydrogens is 365 g/mol. The van der Waals surface area contributed by atoms with Crippen LogP contribution >= 0.6 is 0 Å². The molecule has 0 bridgehead atoms. The normalized spacial score (nSPS) is 11.3. The summed E-state index contributed by atoms with van der Waals surface area (Å²) in [6, 6.07) is 11.3. The smallest absolute Gasteiger partial charge is 0.406 e. The van der Waals surface area contributed by atoms with Crippen molar-refractivity contribution in [2.24, 2.45) is 0 Å². The second-order valence-electron chi connectivity index (χ2n) is 6.27. The van der Waals surface area contributed by atoms with Gasteiger partial charge in [0.25, 0.3) is 0 Å². The van der Waals surface area contributed by atoms with E-state index in [9.17, 15) is 13.2 Å². The zero-order valence-corrected chi connectivity index (χ0v) is 16.1. The fourth-order valence-corrected chi connectivity index (χ4v) is 2.25. The maximum atomic E-state index is 12.3. The Balaban J connectivity index is 2.20. The van der Waals surface area contributed by atoms with Crippen molar-refractivity contribution in [1.29, 1.82) is 0 Å². The topological polar surface area (TPSA) is 25.4 Å². The average Bonchev–Trinajstić information content (AvgIpc) is 2.64. The first-order valence-electron chi connectivity index (χ1n) is 8.54. The molecule has 1 aromatic heterocycles. The van der Waals surface area contributed by atoms with E-state index in [1.54, 1.807) is 18.3 Å². The van der Waals surface area contributed by atoms with Crippen molar-refractivity contribution < 1.29 is 17.9 Å². The van der Waals surface area contributed by atoms with Crippen molar-refractivity contribution in [2.45, 2.75) is 27.1 Å². The Morgan fingerprint density at radius 1 is 1.07 bits per heavy atom. The summed E-state index contributed by atoms with van der Waals surface area (Å²) in [6.07, 6.45) is -1.08. The summed E-state index contributed by atoms with van der Waals surface area (Å²) in [5.74, 6) is 5.91. The third kappa shape index (κ3) is 6.51. The minimum atomic E-state index is -4.70. The molecule has 0 amide bonds. The lowest BCUT2D eigenvalue weighted by atomic mass is 10.1. The molecule has 3 nitrogen and oxygen atoms in total. The summed E-state index contributed by atoms with van der Waals surface area (Å²) in [6.45, 7) is 5.84. The highest BCUT2D eigenvalue weighted by molar-refractivity contribution is 5.55. The van der Waals surface area contributed by atoms with Crippen LogP contribution < -0.4 is 9.64 Å². The van der Waals surface area contributed by atoms with E-state index in [0.29, 0.717) is 5.69 Å². The van der Waals surface area contributed by atoms with Crippen LogP contribution in [0.3, 0.4) is 0 Å². The second-order valence-corrected chi connectivity index (χ2v) is 6.27. The number of halogens is 3. The molecule has 0 atom stereocenters. The zero-order valence-electron chi connectivity index (χ0n) is 16.1. The van der Waals surface area contributed by atoms with Gasteiger partial charge in [0.15, 0.2) is 0 Å². The number of anilines is 1. The van der Waals surface area contributed by atoms with Crippen molar-refractivity contribution in [3.63, 3.8) is 0 Å². The number of benzene rings is 1. The van der Waals surface area contributed by atoms with Gasteiger partial charge in [0.05, 0.1) is 0 Å². The molecule has 0 spiro atoms. The van der Waals surface area contributed by atoms with E-state index >= 15 is 0 Å². The summed E-state index contributed by atoms with van der Waals surface area (Å²) in [7, 11) is 1.83. The fourth-order valence-electron chi connectivity index (χ4n) is 2.25. The Hall–Kier alpha value is -3.20. The van der Waals surface area contributed by atoms with Gasteiger partial charge in [-0.3, -0.25) is 0 Å². The third-order valence-electron chi connectivity index (χ3n) is 3.87. The van der Waals surface area contributed by atoms with Crippen LogP contribution in [-0.2, 0) is 0 Å². The van der Waals surface area contributed by atoms with Crippen molar-refractivity contribution in [1.82, 2.24) is 4.98 Å². The van der Waals surface area contributed by atoms with E-state index in [0.717, 1.165) is 22.5 Å². The van der Waals surface area contributed by atoms with Crippen molar-refractivity contribution in [2.75, 3.05) is 11.9 Å². The first-order chi connectivity index (χ1) is 13.2. The summed E-state index contributed by atoms with van der Waals surface area (Å²) >= 11 is 0.